The van der Waals surface area contributed by atoms with Crippen molar-refractivity contribution in [2.45, 2.75) is 18.7 Å². The van der Waals surface area contributed by atoms with Crippen molar-refractivity contribution < 1.29 is 22.7 Å². The van der Waals surface area contributed by atoms with Crippen molar-refractivity contribution in [3.8, 4) is 0 Å². The number of thioether (sulfide) groups is 1. The lowest BCUT2D eigenvalue weighted by Gasteiger charge is -2.23. The second-order valence-corrected chi connectivity index (χ2v) is 9.25. The maximum atomic E-state index is 13.1. The Kier molecular flexibility index (Phi) is 9.01. The Morgan fingerprint density at radius 1 is 1.10 bits per heavy atom. The van der Waals surface area contributed by atoms with Gasteiger partial charge in [0.25, 0.3) is 10.0 Å². The number of para-hydroxylation sites is 1. The van der Waals surface area contributed by atoms with E-state index in [0.717, 1.165) is 11.8 Å². The molecule has 0 aliphatic rings. The number of carbonyl (C=O) groups excluding carboxylic acids is 2. The molecule has 0 unspecified atom stereocenters. The van der Waals surface area contributed by atoms with E-state index in [4.69, 9.17) is 16.3 Å². The number of ether oxygens (including phenoxy) is 1. The van der Waals surface area contributed by atoms with Gasteiger partial charge in [-0.2, -0.15) is 0 Å². The molecular formula is C20H23ClN2O5S2. The summed E-state index contributed by atoms with van der Waals surface area (Å²) in [5.74, 6) is -0.762. The Balaban J connectivity index is 2.15. The van der Waals surface area contributed by atoms with E-state index in [9.17, 15) is 18.0 Å². The predicted molar refractivity (Wildman–Crippen MR) is 121 cm³/mol. The third kappa shape index (κ3) is 6.38. The summed E-state index contributed by atoms with van der Waals surface area (Å²) in [5.41, 5.74) is 0.722. The number of rotatable bonds is 10. The Morgan fingerprint density at radius 3 is 2.43 bits per heavy atom. The Hall–Kier alpha value is -2.23. The molecular weight excluding hydrogens is 448 g/mol. The number of esters is 1. The summed E-state index contributed by atoms with van der Waals surface area (Å²) in [6, 6.07) is 12.9. The highest BCUT2D eigenvalue weighted by molar-refractivity contribution is 8.00. The third-order valence-electron chi connectivity index (χ3n) is 3.89. The van der Waals surface area contributed by atoms with Gasteiger partial charge in [0.05, 0.1) is 39.4 Å². The summed E-state index contributed by atoms with van der Waals surface area (Å²) in [4.78, 5) is 23.5. The first kappa shape index (κ1) is 24.0. The van der Waals surface area contributed by atoms with Crippen LogP contribution in [0, 0.1) is 0 Å². The van der Waals surface area contributed by atoms with E-state index in [0.29, 0.717) is 5.69 Å². The van der Waals surface area contributed by atoms with Gasteiger partial charge in [0.1, 0.15) is 0 Å². The number of anilines is 2. The predicted octanol–water partition coefficient (Wildman–Crippen LogP) is 3.79. The zero-order valence-electron chi connectivity index (χ0n) is 16.6. The van der Waals surface area contributed by atoms with Crippen molar-refractivity contribution >= 4 is 56.6 Å². The SMILES string of the molecule is CCOC(=O)CSCC(=O)Nc1cc(S(=O)(=O)N(CC)c2ccccc2)ccc1Cl. The number of sulfonamides is 1. The van der Waals surface area contributed by atoms with Gasteiger partial charge in [0.15, 0.2) is 0 Å². The molecule has 0 spiro atoms. The highest BCUT2D eigenvalue weighted by Gasteiger charge is 2.24. The summed E-state index contributed by atoms with van der Waals surface area (Å²) >= 11 is 7.24. The van der Waals surface area contributed by atoms with Crippen LogP contribution in [0.4, 0.5) is 11.4 Å². The van der Waals surface area contributed by atoms with Crippen LogP contribution in [0.25, 0.3) is 0 Å². The largest absolute Gasteiger partial charge is 0.465 e. The molecule has 0 atom stereocenters. The normalized spacial score (nSPS) is 11.0. The first-order chi connectivity index (χ1) is 14.3. The lowest BCUT2D eigenvalue weighted by molar-refractivity contribution is -0.139. The van der Waals surface area contributed by atoms with E-state index in [1.807, 2.05) is 0 Å². The number of nitrogens with zero attached hydrogens (tertiary/aromatic N) is 1. The molecule has 2 aromatic rings. The second kappa shape index (κ2) is 11.2. The molecule has 2 rings (SSSR count). The molecule has 0 aliphatic carbocycles. The minimum absolute atomic E-state index is 0.00276. The maximum absolute atomic E-state index is 13.1. The van der Waals surface area contributed by atoms with Gasteiger partial charge >= 0.3 is 5.97 Å². The van der Waals surface area contributed by atoms with Gasteiger partial charge in [0.2, 0.25) is 5.91 Å². The first-order valence-corrected chi connectivity index (χ1v) is 12.2. The van der Waals surface area contributed by atoms with Gasteiger partial charge < -0.3 is 10.1 Å². The number of hydrogen-bond acceptors (Lipinski definition) is 6. The minimum atomic E-state index is -3.86. The molecule has 0 fully saturated rings. The summed E-state index contributed by atoms with van der Waals surface area (Å²) in [6.45, 7) is 3.96. The van der Waals surface area contributed by atoms with Gasteiger partial charge in [-0.05, 0) is 44.2 Å². The monoisotopic (exact) mass is 470 g/mol. The number of nitrogens with one attached hydrogen (secondary N) is 1. The standard InChI is InChI=1S/C20H23ClN2O5S2/c1-3-23(15-8-6-5-7-9-15)30(26,27)16-10-11-17(21)18(12-16)22-19(24)13-29-14-20(25)28-4-2/h5-12H,3-4,13-14H2,1-2H3,(H,22,24). The van der Waals surface area contributed by atoms with Crippen molar-refractivity contribution in [2.24, 2.45) is 0 Å². The number of hydrogen-bond donors (Lipinski definition) is 1. The van der Waals surface area contributed by atoms with Gasteiger partial charge in [-0.25, -0.2) is 8.42 Å². The van der Waals surface area contributed by atoms with Gasteiger partial charge in [0, 0.05) is 6.54 Å². The smallest absolute Gasteiger partial charge is 0.315 e. The van der Waals surface area contributed by atoms with Crippen LogP contribution in [0.15, 0.2) is 53.4 Å². The fourth-order valence-electron chi connectivity index (χ4n) is 2.59. The van der Waals surface area contributed by atoms with E-state index in [2.05, 4.69) is 5.32 Å². The van der Waals surface area contributed by atoms with Crippen LogP contribution in [0.2, 0.25) is 5.02 Å². The van der Waals surface area contributed by atoms with Crippen molar-refractivity contribution in [1.82, 2.24) is 0 Å². The molecule has 0 saturated heterocycles. The Labute approximate surface area is 185 Å². The lowest BCUT2D eigenvalue weighted by atomic mass is 10.3. The zero-order valence-corrected chi connectivity index (χ0v) is 19.0. The quantitative estimate of drug-likeness (QED) is 0.531. The van der Waals surface area contributed by atoms with E-state index >= 15 is 0 Å². The summed E-state index contributed by atoms with van der Waals surface area (Å²) in [5, 5.41) is 2.81. The van der Waals surface area contributed by atoms with Crippen molar-refractivity contribution in [3.05, 3.63) is 53.6 Å². The number of amides is 1. The van der Waals surface area contributed by atoms with E-state index in [1.165, 1.54) is 22.5 Å². The van der Waals surface area contributed by atoms with Crippen molar-refractivity contribution in [3.63, 3.8) is 0 Å². The van der Waals surface area contributed by atoms with Crippen LogP contribution in [0.5, 0.6) is 0 Å². The Bertz CT molecular complexity index is 984. The molecule has 0 bridgehead atoms. The fourth-order valence-corrected chi connectivity index (χ4v) is 4.86. The van der Waals surface area contributed by atoms with Crippen LogP contribution >= 0.6 is 23.4 Å². The van der Waals surface area contributed by atoms with E-state index in [1.54, 1.807) is 44.2 Å². The second-order valence-electron chi connectivity index (χ2n) is 5.99. The number of halogens is 1. The average molecular weight is 471 g/mol. The molecule has 162 valence electrons. The van der Waals surface area contributed by atoms with E-state index in [-0.39, 0.29) is 40.3 Å². The number of benzene rings is 2. The minimum Gasteiger partial charge on any atom is -0.465 e. The molecule has 0 radical (unpaired) electrons. The molecule has 1 amide bonds. The van der Waals surface area contributed by atoms with Crippen molar-refractivity contribution in [2.75, 3.05) is 34.3 Å². The number of carbonyl (C=O) groups is 2. The van der Waals surface area contributed by atoms with Gasteiger partial charge in [-0.1, -0.05) is 29.8 Å². The molecule has 10 heteroatoms. The molecule has 0 saturated carbocycles. The van der Waals surface area contributed by atoms with Gasteiger partial charge in [-0.3, -0.25) is 13.9 Å². The molecule has 0 aromatic heterocycles. The summed E-state index contributed by atoms with van der Waals surface area (Å²) in [7, 11) is -3.86. The topological polar surface area (TPSA) is 92.8 Å². The van der Waals surface area contributed by atoms with Crippen molar-refractivity contribution in [1.29, 1.82) is 0 Å². The van der Waals surface area contributed by atoms with Crippen LogP contribution < -0.4 is 9.62 Å². The van der Waals surface area contributed by atoms with Crippen LogP contribution in [-0.2, 0) is 24.3 Å². The Morgan fingerprint density at radius 2 is 1.80 bits per heavy atom. The fraction of sp³-hybridized carbons (Fsp3) is 0.300. The summed E-state index contributed by atoms with van der Waals surface area (Å²) in [6.07, 6.45) is 0. The highest BCUT2D eigenvalue weighted by atomic mass is 35.5. The molecule has 7 nitrogen and oxygen atoms in total. The first-order valence-electron chi connectivity index (χ1n) is 9.20. The summed E-state index contributed by atoms with van der Waals surface area (Å²) < 4.78 is 32.3. The molecule has 1 N–H and O–H groups in total. The molecule has 0 aliphatic heterocycles. The molecule has 30 heavy (non-hydrogen) atoms. The lowest BCUT2D eigenvalue weighted by Crippen LogP contribution is -2.30. The molecule has 0 heterocycles. The van der Waals surface area contributed by atoms with Gasteiger partial charge in [-0.15, -0.1) is 11.8 Å². The average Bonchev–Trinajstić information content (AvgIpc) is 2.71. The maximum Gasteiger partial charge on any atom is 0.315 e. The van der Waals surface area contributed by atoms with E-state index < -0.39 is 21.9 Å². The van der Waals surface area contributed by atoms with Crippen LogP contribution in [-0.4, -0.2) is 45.0 Å². The third-order valence-corrected chi connectivity index (χ3v) is 7.02. The van der Waals surface area contributed by atoms with Crippen LogP contribution in [0.1, 0.15) is 13.8 Å². The van der Waals surface area contributed by atoms with Crippen LogP contribution in [0.3, 0.4) is 0 Å². The molecule has 2 aromatic carbocycles. The zero-order chi connectivity index (χ0) is 22.1. The highest BCUT2D eigenvalue weighted by Crippen LogP contribution is 2.29.